The lowest BCUT2D eigenvalue weighted by atomic mass is 10.1. The highest BCUT2D eigenvalue weighted by Gasteiger charge is 2.34. The van der Waals surface area contributed by atoms with Gasteiger partial charge in [0.2, 0.25) is 0 Å². The first-order chi connectivity index (χ1) is 12.3. The minimum absolute atomic E-state index is 0.299. The lowest BCUT2D eigenvalue weighted by molar-refractivity contribution is -0.137. The van der Waals surface area contributed by atoms with E-state index in [9.17, 15) is 22.8 Å². The molecular formula is C18H14F3N3O2. The van der Waals surface area contributed by atoms with Gasteiger partial charge >= 0.3 is 6.18 Å². The highest BCUT2D eigenvalue weighted by atomic mass is 19.4. The molecule has 0 spiro atoms. The molecule has 3 rings (SSSR count). The molecule has 0 unspecified atom stereocenters. The first-order valence-corrected chi connectivity index (χ1v) is 7.60. The van der Waals surface area contributed by atoms with Crippen LogP contribution >= 0.6 is 0 Å². The van der Waals surface area contributed by atoms with Crippen molar-refractivity contribution >= 4 is 22.7 Å². The molecule has 0 aliphatic rings. The van der Waals surface area contributed by atoms with E-state index in [0.717, 1.165) is 17.6 Å². The van der Waals surface area contributed by atoms with Crippen molar-refractivity contribution in [2.75, 3.05) is 0 Å². The van der Waals surface area contributed by atoms with Gasteiger partial charge in [-0.2, -0.15) is 13.2 Å². The summed E-state index contributed by atoms with van der Waals surface area (Å²) in [5.41, 5.74) is 3.66. The third kappa shape index (κ3) is 3.26. The number of nitrogens with one attached hydrogen (secondary N) is 2. The zero-order valence-corrected chi connectivity index (χ0v) is 13.6. The summed E-state index contributed by atoms with van der Waals surface area (Å²) in [7, 11) is 1.76. The Morgan fingerprint density at radius 3 is 2.15 bits per heavy atom. The van der Waals surface area contributed by atoms with Crippen LogP contribution in [-0.4, -0.2) is 16.4 Å². The zero-order valence-electron chi connectivity index (χ0n) is 13.6. The molecule has 0 aliphatic heterocycles. The number of benzene rings is 2. The molecular weight excluding hydrogens is 347 g/mol. The molecule has 5 nitrogen and oxygen atoms in total. The van der Waals surface area contributed by atoms with Crippen LogP contribution < -0.4 is 10.9 Å². The van der Waals surface area contributed by atoms with Gasteiger partial charge in [-0.1, -0.05) is 30.3 Å². The van der Waals surface area contributed by atoms with E-state index in [4.69, 9.17) is 0 Å². The molecule has 8 heteroatoms. The Morgan fingerprint density at radius 1 is 0.885 bits per heavy atom. The van der Waals surface area contributed by atoms with Crippen molar-refractivity contribution in [1.29, 1.82) is 0 Å². The van der Waals surface area contributed by atoms with Gasteiger partial charge in [0.1, 0.15) is 0 Å². The summed E-state index contributed by atoms with van der Waals surface area (Å²) in [6, 6.07) is 11.5. The summed E-state index contributed by atoms with van der Waals surface area (Å²) < 4.78 is 40.7. The molecule has 0 atom stereocenters. The first-order valence-electron chi connectivity index (χ1n) is 7.60. The lowest BCUT2D eigenvalue weighted by Crippen LogP contribution is -2.42. The van der Waals surface area contributed by atoms with E-state index in [1.807, 2.05) is 17.6 Å². The van der Waals surface area contributed by atoms with E-state index < -0.39 is 29.1 Å². The SMILES string of the molecule is Cn1cc(C(=O)NNC(=O)c2ccccc2C(F)(F)F)c2ccccc21. The number of fused-ring (bicyclic) bond motifs is 1. The quantitative estimate of drug-likeness (QED) is 0.688. The first kappa shape index (κ1) is 17.5. The van der Waals surface area contributed by atoms with Crippen molar-refractivity contribution < 1.29 is 22.8 Å². The van der Waals surface area contributed by atoms with Crippen molar-refractivity contribution in [3.05, 3.63) is 71.4 Å². The molecule has 0 bridgehead atoms. The summed E-state index contributed by atoms with van der Waals surface area (Å²) in [5.74, 6) is -1.67. The van der Waals surface area contributed by atoms with E-state index >= 15 is 0 Å². The van der Waals surface area contributed by atoms with E-state index in [1.165, 1.54) is 12.1 Å². The van der Waals surface area contributed by atoms with Gasteiger partial charge in [-0.3, -0.25) is 20.4 Å². The number of para-hydroxylation sites is 1. The van der Waals surface area contributed by atoms with E-state index in [1.54, 1.807) is 29.9 Å². The van der Waals surface area contributed by atoms with Crippen molar-refractivity contribution in [2.24, 2.45) is 7.05 Å². The number of halogens is 3. The molecule has 0 radical (unpaired) electrons. The fourth-order valence-corrected chi connectivity index (χ4v) is 2.70. The molecule has 2 N–H and O–H groups in total. The van der Waals surface area contributed by atoms with Crippen LogP contribution in [-0.2, 0) is 13.2 Å². The van der Waals surface area contributed by atoms with Crippen LogP contribution in [0.25, 0.3) is 10.9 Å². The largest absolute Gasteiger partial charge is 0.417 e. The second kappa shape index (κ2) is 6.55. The van der Waals surface area contributed by atoms with Gasteiger partial charge < -0.3 is 4.57 Å². The van der Waals surface area contributed by atoms with Gasteiger partial charge in [0.05, 0.1) is 16.7 Å². The molecule has 1 heterocycles. The number of carbonyl (C=O) groups is 2. The number of hydrogen-bond donors (Lipinski definition) is 2. The smallest absolute Gasteiger partial charge is 0.350 e. The van der Waals surface area contributed by atoms with Crippen LogP contribution in [0, 0.1) is 0 Å². The number of amides is 2. The number of hydrogen-bond acceptors (Lipinski definition) is 2. The molecule has 0 saturated carbocycles. The normalized spacial score (nSPS) is 11.4. The van der Waals surface area contributed by atoms with Gasteiger partial charge in [0.15, 0.2) is 0 Å². The van der Waals surface area contributed by atoms with E-state index in [-0.39, 0.29) is 0 Å². The third-order valence-electron chi connectivity index (χ3n) is 3.91. The van der Waals surface area contributed by atoms with Crippen LogP contribution in [0.15, 0.2) is 54.7 Å². The van der Waals surface area contributed by atoms with Gasteiger partial charge in [-0.15, -0.1) is 0 Å². The van der Waals surface area contributed by atoms with Crippen molar-refractivity contribution in [3.8, 4) is 0 Å². The van der Waals surface area contributed by atoms with Crippen molar-refractivity contribution in [2.45, 2.75) is 6.18 Å². The minimum atomic E-state index is -4.67. The summed E-state index contributed by atoms with van der Waals surface area (Å²) in [6.45, 7) is 0. The van der Waals surface area contributed by atoms with Crippen LogP contribution in [0.4, 0.5) is 13.2 Å². The van der Waals surface area contributed by atoms with Gasteiger partial charge in [0, 0.05) is 24.1 Å². The van der Waals surface area contributed by atoms with Crippen LogP contribution in [0.5, 0.6) is 0 Å². The Balaban J connectivity index is 1.79. The average Bonchev–Trinajstić information content (AvgIpc) is 2.96. The Kier molecular flexibility index (Phi) is 4.41. The third-order valence-corrected chi connectivity index (χ3v) is 3.91. The monoisotopic (exact) mass is 361 g/mol. The number of carbonyl (C=O) groups excluding carboxylic acids is 2. The summed E-state index contributed by atoms with van der Waals surface area (Å²) in [6.07, 6.45) is -3.09. The molecule has 2 amide bonds. The van der Waals surface area contributed by atoms with Crippen LogP contribution in [0.2, 0.25) is 0 Å². The predicted octanol–water partition coefficient (Wildman–Crippen LogP) is 3.27. The molecule has 26 heavy (non-hydrogen) atoms. The fourth-order valence-electron chi connectivity index (χ4n) is 2.70. The molecule has 3 aromatic rings. The minimum Gasteiger partial charge on any atom is -0.350 e. The van der Waals surface area contributed by atoms with Crippen molar-refractivity contribution in [1.82, 2.24) is 15.4 Å². The summed E-state index contributed by atoms with van der Waals surface area (Å²) in [4.78, 5) is 24.4. The summed E-state index contributed by atoms with van der Waals surface area (Å²) >= 11 is 0. The molecule has 2 aromatic carbocycles. The highest BCUT2D eigenvalue weighted by molar-refractivity contribution is 6.08. The second-order valence-electron chi connectivity index (χ2n) is 5.62. The van der Waals surface area contributed by atoms with E-state index in [0.29, 0.717) is 10.9 Å². The number of alkyl halides is 3. The van der Waals surface area contributed by atoms with Gasteiger partial charge in [-0.05, 0) is 18.2 Å². The second-order valence-corrected chi connectivity index (χ2v) is 5.62. The lowest BCUT2D eigenvalue weighted by Gasteiger charge is -2.13. The number of rotatable bonds is 2. The maximum atomic E-state index is 13.0. The average molecular weight is 361 g/mol. The van der Waals surface area contributed by atoms with Crippen molar-refractivity contribution in [3.63, 3.8) is 0 Å². The zero-order chi connectivity index (χ0) is 18.9. The number of hydrazine groups is 1. The topological polar surface area (TPSA) is 63.1 Å². The molecule has 0 aliphatic carbocycles. The van der Waals surface area contributed by atoms with Gasteiger partial charge in [0.25, 0.3) is 11.8 Å². The van der Waals surface area contributed by atoms with E-state index in [2.05, 4.69) is 5.43 Å². The number of nitrogens with zero attached hydrogens (tertiary/aromatic N) is 1. The van der Waals surface area contributed by atoms with Crippen LogP contribution in [0.1, 0.15) is 26.3 Å². The fraction of sp³-hybridized carbons (Fsp3) is 0.111. The highest BCUT2D eigenvalue weighted by Crippen LogP contribution is 2.31. The van der Waals surface area contributed by atoms with Gasteiger partial charge in [-0.25, -0.2) is 0 Å². The maximum Gasteiger partial charge on any atom is 0.417 e. The Hall–Kier alpha value is -3.29. The number of aromatic nitrogens is 1. The van der Waals surface area contributed by atoms with Crippen LogP contribution in [0.3, 0.4) is 0 Å². The summed E-state index contributed by atoms with van der Waals surface area (Å²) in [5, 5.41) is 0.664. The molecule has 0 fully saturated rings. The Morgan fingerprint density at radius 2 is 1.46 bits per heavy atom. The molecule has 134 valence electrons. The standard InChI is InChI=1S/C18H14F3N3O2/c1-24-10-13(11-6-3-5-9-15(11)24)17(26)23-22-16(25)12-7-2-4-8-14(12)18(19,20)21/h2-10H,1H3,(H,22,25)(H,23,26). The Labute approximate surface area is 146 Å². The predicted molar refractivity (Wildman–Crippen MR) is 89.3 cm³/mol. The molecule has 0 saturated heterocycles. The maximum absolute atomic E-state index is 13.0. The number of aryl methyl sites for hydroxylation is 1. The molecule has 1 aromatic heterocycles. The Bertz CT molecular complexity index is 993.